The highest BCUT2D eigenvalue weighted by Crippen LogP contribution is 2.18. The number of ether oxygens (including phenoxy) is 1. The molecule has 0 aliphatic rings. The quantitative estimate of drug-likeness (QED) is 0.373. The van der Waals surface area contributed by atoms with Gasteiger partial charge in [-0.2, -0.15) is 5.10 Å². The molecule has 0 saturated heterocycles. The Balaban J connectivity index is 2.06. The van der Waals surface area contributed by atoms with Crippen LogP contribution in [0.15, 0.2) is 53.3 Å². The number of hydrogen-bond donors (Lipinski definition) is 0. The summed E-state index contributed by atoms with van der Waals surface area (Å²) in [6.07, 6.45) is 0. The monoisotopic (exact) mass is 406 g/mol. The number of hydrogen-bond acceptors (Lipinski definition) is 4. The predicted molar refractivity (Wildman–Crippen MR) is 91.1 cm³/mol. The average molecular weight is 406 g/mol. The molecule has 0 aliphatic heterocycles. The Morgan fingerprint density at radius 1 is 1.09 bits per heavy atom. The summed E-state index contributed by atoms with van der Waals surface area (Å²) in [5, 5.41) is 4.97. The second-order valence-corrected chi connectivity index (χ2v) is 5.91. The molecule has 0 radical (unpaired) electrons. The number of rotatable bonds is 2. The third-order valence-corrected chi connectivity index (χ3v) is 3.89. The third-order valence-electron chi connectivity index (χ3n) is 3.17. The van der Waals surface area contributed by atoms with E-state index in [0.29, 0.717) is 16.5 Å². The molecule has 0 unspecified atom stereocenters. The third kappa shape index (κ3) is 2.74. The predicted octanol–water partition coefficient (Wildman–Crippen LogP) is 2.76. The van der Waals surface area contributed by atoms with E-state index in [0.717, 1.165) is 8.25 Å². The molecule has 6 heteroatoms. The molecule has 1 heterocycles. The fraction of sp³-hybridized carbons (Fsp3) is 0.0625. The first-order valence-electron chi connectivity index (χ1n) is 6.50. The Morgan fingerprint density at radius 2 is 1.73 bits per heavy atom. The van der Waals surface area contributed by atoms with Crippen LogP contribution < -0.4 is 10.3 Å². The lowest BCUT2D eigenvalue weighted by Gasteiger charge is -2.08. The molecule has 0 aliphatic carbocycles. The first-order valence-corrected chi connectivity index (χ1v) is 7.58. The maximum absolute atomic E-state index is 12.4. The number of aromatic nitrogens is 2. The van der Waals surface area contributed by atoms with E-state index < -0.39 is 5.97 Å². The Hall–Kier alpha value is -2.22. The second-order valence-electron chi connectivity index (χ2n) is 4.67. The van der Waals surface area contributed by atoms with Crippen LogP contribution >= 0.6 is 22.6 Å². The number of nitrogens with zero attached hydrogens (tertiary/aromatic N) is 2. The minimum absolute atomic E-state index is 0.122. The van der Waals surface area contributed by atoms with E-state index in [4.69, 9.17) is 4.74 Å². The van der Waals surface area contributed by atoms with Crippen molar-refractivity contribution in [3.05, 3.63) is 68.1 Å². The van der Waals surface area contributed by atoms with Gasteiger partial charge in [0, 0.05) is 16.0 Å². The number of esters is 1. The minimum Gasteiger partial charge on any atom is -0.422 e. The van der Waals surface area contributed by atoms with Crippen LogP contribution in [0.25, 0.3) is 10.8 Å². The van der Waals surface area contributed by atoms with Gasteiger partial charge in [0.1, 0.15) is 5.75 Å². The fourth-order valence-corrected chi connectivity index (χ4v) is 2.47. The number of fused-ring (bicyclic) bond motifs is 1. The van der Waals surface area contributed by atoms with Crippen molar-refractivity contribution in [1.82, 2.24) is 9.78 Å². The van der Waals surface area contributed by atoms with Crippen LogP contribution in [0.3, 0.4) is 0 Å². The van der Waals surface area contributed by atoms with Crippen LogP contribution in [-0.2, 0) is 7.05 Å². The number of aryl methyl sites for hydroxylation is 1. The van der Waals surface area contributed by atoms with Gasteiger partial charge in [-0.3, -0.25) is 4.79 Å². The Bertz CT molecular complexity index is 917. The van der Waals surface area contributed by atoms with Crippen molar-refractivity contribution in [3.8, 4) is 5.75 Å². The Labute approximate surface area is 139 Å². The highest BCUT2D eigenvalue weighted by molar-refractivity contribution is 14.1. The molecule has 3 aromatic rings. The summed E-state index contributed by atoms with van der Waals surface area (Å²) < 4.78 is 7.53. The summed E-state index contributed by atoms with van der Waals surface area (Å²) in [5.41, 5.74) is -0.127. The van der Waals surface area contributed by atoms with Crippen molar-refractivity contribution in [2.45, 2.75) is 0 Å². The standard InChI is InChI=1S/C16H11IN2O3/c1-19-15(20)13-5-3-2-4-12(13)14(18-19)16(21)22-11-8-6-10(17)7-9-11/h2-9H,1H3. The van der Waals surface area contributed by atoms with Crippen LogP contribution in [0, 0.1) is 3.57 Å². The van der Waals surface area contributed by atoms with E-state index in [2.05, 4.69) is 27.7 Å². The van der Waals surface area contributed by atoms with E-state index in [1.54, 1.807) is 36.4 Å². The Morgan fingerprint density at radius 3 is 2.41 bits per heavy atom. The second kappa shape index (κ2) is 5.88. The first-order chi connectivity index (χ1) is 10.6. The maximum Gasteiger partial charge on any atom is 0.364 e. The van der Waals surface area contributed by atoms with Gasteiger partial charge in [-0.1, -0.05) is 18.2 Å². The molecule has 0 fully saturated rings. The first kappa shape index (κ1) is 14.7. The summed E-state index contributed by atoms with van der Waals surface area (Å²) in [4.78, 5) is 24.4. The molecule has 110 valence electrons. The highest BCUT2D eigenvalue weighted by Gasteiger charge is 2.17. The molecule has 2 aromatic carbocycles. The smallest absolute Gasteiger partial charge is 0.364 e. The molecule has 22 heavy (non-hydrogen) atoms. The van der Waals surface area contributed by atoms with Gasteiger partial charge in [-0.25, -0.2) is 9.48 Å². The van der Waals surface area contributed by atoms with Gasteiger partial charge in [0.05, 0.1) is 5.39 Å². The molecule has 0 amide bonds. The van der Waals surface area contributed by atoms with Crippen molar-refractivity contribution in [3.63, 3.8) is 0 Å². The fourth-order valence-electron chi connectivity index (χ4n) is 2.11. The van der Waals surface area contributed by atoms with Gasteiger partial charge < -0.3 is 4.74 Å². The number of carbonyl (C=O) groups excluding carboxylic acids is 1. The molecular formula is C16H11IN2O3. The van der Waals surface area contributed by atoms with Gasteiger partial charge >= 0.3 is 5.97 Å². The van der Waals surface area contributed by atoms with Crippen molar-refractivity contribution in [2.24, 2.45) is 7.05 Å². The van der Waals surface area contributed by atoms with Crippen LogP contribution in [-0.4, -0.2) is 15.7 Å². The summed E-state index contributed by atoms with van der Waals surface area (Å²) in [5.74, 6) is -0.154. The summed E-state index contributed by atoms with van der Waals surface area (Å²) >= 11 is 2.17. The SMILES string of the molecule is Cn1nc(C(=O)Oc2ccc(I)cc2)c2ccccc2c1=O. The highest BCUT2D eigenvalue weighted by atomic mass is 127. The van der Waals surface area contributed by atoms with Gasteiger partial charge in [-0.15, -0.1) is 0 Å². The number of halogens is 1. The molecule has 0 N–H and O–H groups in total. The van der Waals surface area contributed by atoms with Crippen molar-refractivity contribution < 1.29 is 9.53 Å². The van der Waals surface area contributed by atoms with Crippen LogP contribution in [0.4, 0.5) is 0 Å². The lowest BCUT2D eigenvalue weighted by Crippen LogP contribution is -2.24. The van der Waals surface area contributed by atoms with Gasteiger partial charge in [0.2, 0.25) is 0 Å². The molecule has 5 nitrogen and oxygen atoms in total. The number of carbonyl (C=O) groups is 1. The van der Waals surface area contributed by atoms with E-state index >= 15 is 0 Å². The van der Waals surface area contributed by atoms with Crippen LogP contribution in [0.2, 0.25) is 0 Å². The summed E-state index contributed by atoms with van der Waals surface area (Å²) in [6.45, 7) is 0. The minimum atomic E-state index is -0.590. The maximum atomic E-state index is 12.4. The van der Waals surface area contributed by atoms with Crippen molar-refractivity contribution in [2.75, 3.05) is 0 Å². The van der Waals surface area contributed by atoms with E-state index in [-0.39, 0.29) is 11.3 Å². The van der Waals surface area contributed by atoms with Crippen molar-refractivity contribution in [1.29, 1.82) is 0 Å². The van der Waals surface area contributed by atoms with Gasteiger partial charge in [-0.05, 0) is 52.9 Å². The Kier molecular flexibility index (Phi) is 3.93. The van der Waals surface area contributed by atoms with Crippen LogP contribution in [0.1, 0.15) is 10.5 Å². The van der Waals surface area contributed by atoms with E-state index in [1.807, 2.05) is 12.1 Å². The normalized spacial score (nSPS) is 10.6. The van der Waals surface area contributed by atoms with E-state index in [9.17, 15) is 9.59 Å². The zero-order valence-corrected chi connectivity index (χ0v) is 13.8. The van der Waals surface area contributed by atoms with Gasteiger partial charge in [0.25, 0.3) is 5.56 Å². The molecular weight excluding hydrogens is 395 g/mol. The molecule has 0 bridgehead atoms. The molecule has 0 atom stereocenters. The zero-order chi connectivity index (χ0) is 15.7. The lowest BCUT2D eigenvalue weighted by molar-refractivity contribution is 0.0728. The molecule has 0 saturated carbocycles. The van der Waals surface area contributed by atoms with E-state index in [1.165, 1.54) is 7.05 Å². The topological polar surface area (TPSA) is 61.2 Å². The zero-order valence-electron chi connectivity index (χ0n) is 11.6. The van der Waals surface area contributed by atoms with Crippen LogP contribution in [0.5, 0.6) is 5.75 Å². The summed E-state index contributed by atoms with van der Waals surface area (Å²) in [6, 6.07) is 14.0. The van der Waals surface area contributed by atoms with Gasteiger partial charge in [0.15, 0.2) is 5.69 Å². The van der Waals surface area contributed by atoms with Crippen molar-refractivity contribution >= 4 is 39.3 Å². The number of benzene rings is 2. The molecule has 1 aromatic heterocycles. The average Bonchev–Trinajstić information content (AvgIpc) is 2.53. The lowest BCUT2D eigenvalue weighted by atomic mass is 10.1. The largest absolute Gasteiger partial charge is 0.422 e. The summed E-state index contributed by atoms with van der Waals surface area (Å²) in [7, 11) is 1.51. The molecule has 3 rings (SSSR count). The molecule has 0 spiro atoms.